The van der Waals surface area contributed by atoms with Crippen LogP contribution in [0.1, 0.15) is 79.0 Å². The average molecular weight is 1190 g/mol. The van der Waals surface area contributed by atoms with Crippen LogP contribution in [0.25, 0.3) is 82.1 Å². The summed E-state index contributed by atoms with van der Waals surface area (Å²) in [5.41, 5.74) is 12.3. The molecule has 1 aliphatic heterocycles. The van der Waals surface area contributed by atoms with Crippen molar-refractivity contribution in [1.82, 2.24) is 14.1 Å². The number of benzene rings is 8. The van der Waals surface area contributed by atoms with E-state index in [1.165, 1.54) is 59.9 Å². The summed E-state index contributed by atoms with van der Waals surface area (Å²) in [6, 6.07) is 67.7. The Morgan fingerprint density at radius 1 is 0.500 bits per heavy atom. The maximum absolute atomic E-state index is 6.83. The average Bonchev–Trinajstić information content (AvgIpc) is 3.99. The summed E-state index contributed by atoms with van der Waals surface area (Å²) in [7, 11) is -1.78. The first-order chi connectivity index (χ1) is 35.7. The van der Waals surface area contributed by atoms with Crippen molar-refractivity contribution >= 4 is 89.8 Å². The van der Waals surface area contributed by atoms with Crippen LogP contribution < -0.4 is 14.8 Å². The third kappa shape index (κ3) is 8.87. The molecule has 8 aromatic carbocycles. The number of hydrogen-bond acceptors (Lipinski definition) is 3. The molecule has 11 aromatic rings. The molecule has 0 N–H and O–H groups in total. The number of pyridine rings is 1. The van der Waals surface area contributed by atoms with Crippen LogP contribution in [-0.4, -0.2) is 22.2 Å². The molecule has 0 saturated carbocycles. The van der Waals surface area contributed by atoms with E-state index in [2.05, 4.69) is 266 Å². The maximum atomic E-state index is 6.83. The van der Waals surface area contributed by atoms with Crippen molar-refractivity contribution in [2.75, 3.05) is 4.90 Å². The van der Waals surface area contributed by atoms with Gasteiger partial charge in [0, 0.05) is 50.0 Å². The SMILES string of the molecule is CC(C)(C)c1cc(-c2cc(C(C)(C)C)cc3c4ccccc4c4ccccc4c4cccc5c4n(c23)[CH-]N5c2[c-]c(Oc3[c-]c4c(cc3)c3ccccc3n4-c3cc(C(C)(C)C)ccn3)ccc2)cc([Si](C)(C)C)c1.[Pt]. The van der Waals surface area contributed by atoms with Crippen LogP contribution in [0, 0.1) is 18.8 Å². The maximum Gasteiger partial charge on any atom is 0.135 e. The molecule has 12 rings (SSSR count). The van der Waals surface area contributed by atoms with E-state index >= 15 is 0 Å². The van der Waals surface area contributed by atoms with Crippen molar-refractivity contribution in [2.24, 2.45) is 0 Å². The van der Waals surface area contributed by atoms with E-state index in [4.69, 9.17) is 9.72 Å². The van der Waals surface area contributed by atoms with Gasteiger partial charge in [0.25, 0.3) is 0 Å². The van der Waals surface area contributed by atoms with Gasteiger partial charge in [0.15, 0.2) is 0 Å². The predicted molar refractivity (Wildman–Crippen MR) is 321 cm³/mol. The number of anilines is 2. The van der Waals surface area contributed by atoms with Gasteiger partial charge in [-0.05, 0) is 124 Å². The van der Waals surface area contributed by atoms with Crippen LogP contribution in [0.15, 0.2) is 170 Å². The van der Waals surface area contributed by atoms with Crippen molar-refractivity contribution in [1.29, 1.82) is 0 Å². The minimum Gasteiger partial charge on any atom is -0.509 e. The van der Waals surface area contributed by atoms with E-state index < -0.39 is 8.07 Å². The Morgan fingerprint density at radius 2 is 1.09 bits per heavy atom. The predicted octanol–water partition coefficient (Wildman–Crippen LogP) is 18.3. The molecule has 0 saturated heterocycles. The minimum atomic E-state index is -1.78. The zero-order valence-electron chi connectivity index (χ0n) is 45.8. The van der Waals surface area contributed by atoms with Gasteiger partial charge in [-0.3, -0.25) is 0 Å². The molecule has 1 aliphatic rings. The quantitative estimate of drug-likeness (QED) is 0.123. The standard InChI is InChI=1S/C69H65N4OSi.Pt/c1-67(2,3)45-33-34-70-64(40-45)73-61-29-18-17-27-56(61)57-32-31-50(42-63(57)73)74-49-22-19-21-48(41-49)71-43-72-65-59(44-35-46(68(4,5)6)37-51(36-44)75(10,11)12)38-47(69(7,8)9)39-60(65)55-26-16-14-24-53(55)52-23-13-15-25-54(52)58-28-20-30-62(71)66(58)72;/h13-40,43H,1-12H3;/q-3;. The third-order valence-electron chi connectivity index (χ3n) is 15.3. The summed E-state index contributed by atoms with van der Waals surface area (Å²) in [4.78, 5) is 7.21. The van der Waals surface area contributed by atoms with E-state index in [1.807, 2.05) is 18.3 Å². The topological polar surface area (TPSA) is 35.2 Å². The van der Waals surface area contributed by atoms with Crippen LogP contribution in [0.3, 0.4) is 0 Å². The van der Waals surface area contributed by atoms with Crippen LogP contribution >= 0.6 is 0 Å². The fraction of sp³-hybridized carbons (Fsp3) is 0.217. The normalized spacial score (nSPS) is 13.0. The van der Waals surface area contributed by atoms with Crippen molar-refractivity contribution in [3.05, 3.63) is 205 Å². The third-order valence-corrected chi connectivity index (χ3v) is 17.3. The zero-order chi connectivity index (χ0) is 52.3. The number of hydrogen-bond donors (Lipinski definition) is 0. The van der Waals surface area contributed by atoms with Crippen LogP contribution in [0.4, 0.5) is 11.4 Å². The molecule has 4 heterocycles. The molecule has 0 bridgehead atoms. The van der Waals surface area contributed by atoms with Gasteiger partial charge in [-0.2, -0.15) is 12.1 Å². The monoisotopic (exact) mass is 1190 g/mol. The van der Waals surface area contributed by atoms with E-state index in [0.29, 0.717) is 11.5 Å². The first-order valence-electron chi connectivity index (χ1n) is 26.4. The van der Waals surface area contributed by atoms with Crippen LogP contribution in [0.2, 0.25) is 19.6 Å². The molecule has 0 unspecified atom stereocenters. The summed E-state index contributed by atoms with van der Waals surface area (Å²) in [5.74, 6) is 2.05. The smallest absolute Gasteiger partial charge is 0.135 e. The minimum absolute atomic E-state index is 0. The number of ether oxygens (including phenoxy) is 1. The molecule has 7 heteroatoms. The Morgan fingerprint density at radius 3 is 1.76 bits per heavy atom. The van der Waals surface area contributed by atoms with Gasteiger partial charge < -0.3 is 18.8 Å². The fourth-order valence-corrected chi connectivity index (χ4v) is 12.2. The van der Waals surface area contributed by atoms with Gasteiger partial charge in [0.2, 0.25) is 0 Å². The molecule has 0 radical (unpaired) electrons. The largest absolute Gasteiger partial charge is 0.509 e. The molecular weight excluding hydrogens is 1120 g/mol. The van der Waals surface area contributed by atoms with Gasteiger partial charge in [-0.25, -0.2) is 4.98 Å². The first-order valence-corrected chi connectivity index (χ1v) is 29.9. The van der Waals surface area contributed by atoms with Gasteiger partial charge in [0.1, 0.15) is 5.82 Å². The van der Waals surface area contributed by atoms with Gasteiger partial charge >= 0.3 is 0 Å². The second-order valence-corrected chi connectivity index (χ2v) is 29.8. The van der Waals surface area contributed by atoms with Gasteiger partial charge in [-0.15, -0.1) is 35.7 Å². The summed E-state index contributed by atoms with van der Waals surface area (Å²) >= 11 is 0. The van der Waals surface area contributed by atoms with Gasteiger partial charge in [0.05, 0.1) is 8.07 Å². The number of aromatic nitrogens is 3. The molecule has 0 fully saturated rings. The van der Waals surface area contributed by atoms with Crippen LogP contribution in [-0.2, 0) is 37.3 Å². The molecule has 0 aliphatic carbocycles. The number of nitrogens with zero attached hydrogens (tertiary/aromatic N) is 4. The van der Waals surface area contributed by atoms with Crippen molar-refractivity contribution in [3.63, 3.8) is 0 Å². The van der Waals surface area contributed by atoms with E-state index in [-0.39, 0.29) is 37.3 Å². The zero-order valence-corrected chi connectivity index (χ0v) is 49.0. The Labute approximate surface area is 463 Å². The molecule has 0 spiro atoms. The summed E-state index contributed by atoms with van der Waals surface area (Å²) in [6.45, 7) is 30.5. The number of rotatable bonds is 6. The second-order valence-electron chi connectivity index (χ2n) is 24.7. The van der Waals surface area contributed by atoms with E-state index in [0.717, 1.165) is 55.4 Å². The number of para-hydroxylation sites is 2. The Kier molecular flexibility index (Phi) is 12.5. The Hall–Kier alpha value is -7.11. The molecular formula is C69H65N4OPtSi-3. The van der Waals surface area contributed by atoms with Gasteiger partial charge in [-0.1, -0.05) is 208 Å². The molecule has 5 nitrogen and oxygen atoms in total. The van der Waals surface area contributed by atoms with Crippen molar-refractivity contribution in [3.8, 4) is 28.4 Å². The van der Waals surface area contributed by atoms with Crippen molar-refractivity contribution in [2.45, 2.75) is 98.2 Å². The Bertz CT molecular complexity index is 4160. The first kappa shape index (κ1) is 51.0. The van der Waals surface area contributed by atoms with E-state index in [1.54, 1.807) is 0 Å². The Balaban J connectivity index is 0.00000616. The van der Waals surface area contributed by atoms with Crippen molar-refractivity contribution < 1.29 is 25.8 Å². The number of fused-ring (bicyclic) bond motifs is 10. The molecule has 3 aromatic heterocycles. The van der Waals surface area contributed by atoms with Crippen LogP contribution in [0.5, 0.6) is 11.5 Å². The summed E-state index contributed by atoms with van der Waals surface area (Å²) in [6.07, 6.45) is 1.91. The molecule has 0 atom stereocenters. The molecule has 384 valence electrons. The fourth-order valence-electron chi connectivity index (χ4n) is 11.0. The second kappa shape index (κ2) is 18.6. The van der Waals surface area contributed by atoms with E-state index in [9.17, 15) is 0 Å². The molecule has 76 heavy (non-hydrogen) atoms. The summed E-state index contributed by atoms with van der Waals surface area (Å²) in [5, 5.41) is 10.9. The summed E-state index contributed by atoms with van der Waals surface area (Å²) < 4.78 is 11.5. The molecule has 0 amide bonds.